The number of carbonyl (C=O) groups excluding carboxylic acids is 1. The second-order valence-electron chi connectivity index (χ2n) is 4.08. The van der Waals surface area contributed by atoms with Gasteiger partial charge in [0.2, 0.25) is 0 Å². The van der Waals surface area contributed by atoms with Crippen LogP contribution in [0.1, 0.15) is 79.1 Å². The molecule has 0 aliphatic heterocycles. The lowest BCUT2D eigenvalue weighted by Crippen LogP contribution is -1.93. The lowest BCUT2D eigenvalue weighted by Gasteiger charge is -1.95. The van der Waals surface area contributed by atoms with Gasteiger partial charge in [0.05, 0.1) is 0 Å². The molecule has 0 aliphatic carbocycles. The Morgan fingerprint density at radius 2 is 1.06 bits per heavy atom. The van der Waals surface area contributed by atoms with E-state index in [1.165, 1.54) is 17.7 Å². The van der Waals surface area contributed by atoms with Crippen molar-refractivity contribution in [1.29, 1.82) is 0 Å². The number of carbonyl (C=O) groups is 1. The van der Waals surface area contributed by atoms with Crippen LogP contribution >= 0.6 is 12.2 Å². The van der Waals surface area contributed by atoms with Crippen LogP contribution in [0.4, 0.5) is 0 Å². The summed E-state index contributed by atoms with van der Waals surface area (Å²) in [5, 5.41) is 0. The van der Waals surface area contributed by atoms with Crippen molar-refractivity contribution in [2.75, 3.05) is 0 Å². The highest BCUT2D eigenvalue weighted by atomic mass is 32.1. The molecule has 0 saturated heterocycles. The number of Topliss-reactive ketones (excluding diaryl/α,β-unsaturated/α-hetero) is 1. The highest BCUT2D eigenvalue weighted by Crippen LogP contribution is 1.99. The van der Waals surface area contributed by atoms with Crippen molar-refractivity contribution in [3.05, 3.63) is 0 Å². The first-order valence-electron chi connectivity index (χ1n) is 6.65. The molecule has 0 aliphatic rings. The van der Waals surface area contributed by atoms with E-state index in [4.69, 9.17) is 12.2 Å². The second kappa shape index (κ2) is 14.8. The SMILES string of the molecule is CCCC(=O)CCC.CCCC(=S)CCC. The van der Waals surface area contributed by atoms with Crippen LogP contribution in [0.15, 0.2) is 0 Å². The van der Waals surface area contributed by atoms with Crippen LogP contribution in [-0.2, 0) is 4.79 Å². The molecule has 0 rings (SSSR count). The molecule has 0 spiro atoms. The van der Waals surface area contributed by atoms with Gasteiger partial charge < -0.3 is 0 Å². The molecule has 2 heteroatoms. The molecule has 0 heterocycles. The van der Waals surface area contributed by atoms with Crippen molar-refractivity contribution < 1.29 is 4.79 Å². The number of hydrogen-bond donors (Lipinski definition) is 0. The third kappa shape index (κ3) is 16.2. The fraction of sp³-hybridized carbons (Fsp3) is 0.857. The Hall–Kier alpha value is -0.240. The van der Waals surface area contributed by atoms with E-state index in [9.17, 15) is 4.79 Å². The summed E-state index contributed by atoms with van der Waals surface area (Å²) >= 11 is 5.05. The zero-order valence-corrected chi connectivity index (χ0v) is 12.3. The predicted molar refractivity (Wildman–Crippen MR) is 77.2 cm³/mol. The first-order valence-corrected chi connectivity index (χ1v) is 7.06. The van der Waals surface area contributed by atoms with Gasteiger partial charge in [-0.25, -0.2) is 0 Å². The van der Waals surface area contributed by atoms with Crippen molar-refractivity contribution in [2.45, 2.75) is 79.1 Å². The Balaban J connectivity index is 0. The molecule has 0 radical (unpaired) electrons. The van der Waals surface area contributed by atoms with Crippen LogP contribution < -0.4 is 0 Å². The van der Waals surface area contributed by atoms with Gasteiger partial charge in [-0.3, -0.25) is 4.79 Å². The van der Waals surface area contributed by atoms with Gasteiger partial charge in [-0.2, -0.15) is 0 Å². The zero-order valence-electron chi connectivity index (χ0n) is 11.5. The van der Waals surface area contributed by atoms with E-state index >= 15 is 0 Å². The highest BCUT2D eigenvalue weighted by molar-refractivity contribution is 7.80. The summed E-state index contributed by atoms with van der Waals surface area (Å²) in [6, 6.07) is 0. The molecule has 0 saturated carbocycles. The Kier molecular flexibility index (Phi) is 16.7. The first-order chi connectivity index (χ1) is 7.62. The molecule has 0 amide bonds. The second-order valence-corrected chi connectivity index (χ2v) is 4.65. The standard InChI is InChI=1S/C7H14O.C7H14S/c2*1-3-5-7(8)6-4-2/h2*3-6H2,1-2H3. The quantitative estimate of drug-likeness (QED) is 0.552. The highest BCUT2D eigenvalue weighted by Gasteiger charge is 1.94. The average Bonchev–Trinajstić information content (AvgIpc) is 2.20. The maximum Gasteiger partial charge on any atom is 0.132 e. The van der Waals surface area contributed by atoms with Crippen LogP contribution in [0.2, 0.25) is 0 Å². The van der Waals surface area contributed by atoms with Gasteiger partial charge in [-0.05, 0) is 30.5 Å². The number of hydrogen-bond acceptors (Lipinski definition) is 2. The molecule has 0 N–H and O–H groups in total. The average molecular weight is 244 g/mol. The molecule has 0 bridgehead atoms. The van der Waals surface area contributed by atoms with Crippen molar-refractivity contribution in [2.24, 2.45) is 0 Å². The Morgan fingerprint density at radius 3 is 1.31 bits per heavy atom. The number of ketones is 1. The lowest BCUT2D eigenvalue weighted by atomic mass is 10.1. The number of thiocarbonyl (C=S) groups is 1. The van der Waals surface area contributed by atoms with Crippen molar-refractivity contribution >= 4 is 22.9 Å². The van der Waals surface area contributed by atoms with E-state index in [0.29, 0.717) is 5.78 Å². The van der Waals surface area contributed by atoms with Gasteiger partial charge in [0.25, 0.3) is 0 Å². The monoisotopic (exact) mass is 244 g/mol. The van der Waals surface area contributed by atoms with Crippen LogP contribution in [0.5, 0.6) is 0 Å². The van der Waals surface area contributed by atoms with E-state index in [1.807, 2.05) is 13.8 Å². The van der Waals surface area contributed by atoms with Gasteiger partial charge in [-0.15, -0.1) is 0 Å². The van der Waals surface area contributed by atoms with E-state index in [0.717, 1.165) is 38.5 Å². The van der Waals surface area contributed by atoms with Crippen LogP contribution in [0.25, 0.3) is 0 Å². The Bertz CT molecular complexity index is 140. The maximum atomic E-state index is 10.6. The van der Waals surface area contributed by atoms with Gasteiger partial charge in [-0.1, -0.05) is 52.8 Å². The molecule has 0 aromatic carbocycles. The fourth-order valence-electron chi connectivity index (χ4n) is 1.37. The largest absolute Gasteiger partial charge is 0.300 e. The molecule has 96 valence electrons. The minimum Gasteiger partial charge on any atom is -0.300 e. The third-order valence-corrected chi connectivity index (χ3v) is 2.52. The molecule has 1 nitrogen and oxygen atoms in total. The van der Waals surface area contributed by atoms with Crippen molar-refractivity contribution in [3.8, 4) is 0 Å². The molecule has 0 unspecified atom stereocenters. The normalized spacial score (nSPS) is 9.25. The summed E-state index contributed by atoms with van der Waals surface area (Å²) in [5.74, 6) is 0.412. The summed E-state index contributed by atoms with van der Waals surface area (Å²) in [7, 11) is 0. The molecule has 0 aromatic heterocycles. The van der Waals surface area contributed by atoms with E-state index in [-0.39, 0.29) is 0 Å². The molecule has 16 heavy (non-hydrogen) atoms. The van der Waals surface area contributed by atoms with Crippen LogP contribution in [0, 0.1) is 0 Å². The van der Waals surface area contributed by atoms with Crippen molar-refractivity contribution in [1.82, 2.24) is 0 Å². The molecule has 0 aromatic rings. The van der Waals surface area contributed by atoms with Gasteiger partial charge in [0.15, 0.2) is 0 Å². The summed E-state index contributed by atoms with van der Waals surface area (Å²) in [4.78, 5) is 11.9. The van der Waals surface area contributed by atoms with Gasteiger partial charge in [0.1, 0.15) is 5.78 Å². The summed E-state index contributed by atoms with van der Waals surface area (Å²) in [5.41, 5.74) is 0. The fourth-order valence-corrected chi connectivity index (χ4v) is 1.77. The van der Waals surface area contributed by atoms with E-state index < -0.39 is 0 Å². The first kappa shape index (κ1) is 18.1. The van der Waals surface area contributed by atoms with Gasteiger partial charge in [0, 0.05) is 12.8 Å². The molecule has 0 atom stereocenters. The van der Waals surface area contributed by atoms with Gasteiger partial charge >= 0.3 is 0 Å². The minimum absolute atomic E-state index is 0.412. The molecular formula is C14H28OS. The van der Waals surface area contributed by atoms with E-state index in [2.05, 4.69) is 13.8 Å². The zero-order chi connectivity index (χ0) is 12.8. The third-order valence-electron chi connectivity index (χ3n) is 2.12. The Morgan fingerprint density at radius 1 is 0.750 bits per heavy atom. The van der Waals surface area contributed by atoms with Crippen LogP contribution in [-0.4, -0.2) is 10.6 Å². The molecule has 0 fully saturated rings. The smallest absolute Gasteiger partial charge is 0.132 e. The number of rotatable bonds is 8. The summed E-state index contributed by atoms with van der Waals surface area (Å²) < 4.78 is 0. The minimum atomic E-state index is 0.412. The maximum absolute atomic E-state index is 10.6. The van der Waals surface area contributed by atoms with E-state index in [1.54, 1.807) is 0 Å². The van der Waals surface area contributed by atoms with Crippen molar-refractivity contribution in [3.63, 3.8) is 0 Å². The summed E-state index contributed by atoms with van der Waals surface area (Å²) in [6.07, 6.45) is 8.24. The van der Waals surface area contributed by atoms with Crippen LogP contribution in [0.3, 0.4) is 0 Å². The summed E-state index contributed by atoms with van der Waals surface area (Å²) in [6.45, 7) is 8.41. The topological polar surface area (TPSA) is 17.1 Å². The molecular weight excluding hydrogens is 216 g/mol. The Labute approximate surface area is 107 Å². The lowest BCUT2D eigenvalue weighted by molar-refractivity contribution is -0.119. The predicted octanol–water partition coefficient (Wildman–Crippen LogP) is 5.11.